The maximum Gasteiger partial charge on any atom is 0.119 e. The summed E-state index contributed by atoms with van der Waals surface area (Å²) in [6.45, 7) is 9.12. The van der Waals surface area contributed by atoms with Gasteiger partial charge in [-0.15, -0.1) is 0 Å². The molecule has 1 aromatic carbocycles. The molecule has 1 atom stereocenters. The van der Waals surface area contributed by atoms with E-state index in [-0.39, 0.29) is 18.8 Å². The van der Waals surface area contributed by atoms with Crippen molar-refractivity contribution >= 4 is 0 Å². The number of nitrogens with one attached hydrogen (secondary N) is 1. The quantitative estimate of drug-likeness (QED) is 0.480. The minimum atomic E-state index is -0.525. The lowest BCUT2D eigenvalue weighted by atomic mass is 10.1. The first-order valence-electron chi connectivity index (χ1n) is 10.2. The predicted molar refractivity (Wildman–Crippen MR) is 107 cm³/mol. The molecule has 0 saturated carbocycles. The van der Waals surface area contributed by atoms with Gasteiger partial charge in [-0.05, 0) is 57.4 Å². The van der Waals surface area contributed by atoms with Crippen molar-refractivity contribution in [2.45, 2.75) is 58.0 Å². The predicted octanol–water partition coefficient (Wildman–Crippen LogP) is 1.79. The van der Waals surface area contributed by atoms with E-state index < -0.39 is 6.10 Å². The summed E-state index contributed by atoms with van der Waals surface area (Å²) >= 11 is 0. The molecule has 154 valence electrons. The van der Waals surface area contributed by atoms with Gasteiger partial charge in [0, 0.05) is 32.8 Å². The highest BCUT2D eigenvalue weighted by molar-refractivity contribution is 5.28. The second-order valence-corrected chi connectivity index (χ2v) is 7.59. The fraction of sp³-hybridized carbons (Fsp3) is 0.714. The number of ether oxygens (including phenoxy) is 2. The molecule has 0 radical (unpaired) electrons. The Morgan fingerprint density at radius 1 is 1.26 bits per heavy atom. The highest BCUT2D eigenvalue weighted by Gasteiger charge is 2.19. The van der Waals surface area contributed by atoms with Gasteiger partial charge in [0.2, 0.25) is 0 Å². The lowest BCUT2D eigenvalue weighted by Crippen LogP contribution is -2.41. The topological polar surface area (TPSA) is 74.2 Å². The van der Waals surface area contributed by atoms with Crippen molar-refractivity contribution in [3.05, 3.63) is 29.8 Å². The Hall–Kier alpha value is -1.18. The van der Waals surface area contributed by atoms with Crippen molar-refractivity contribution in [3.8, 4) is 5.75 Å². The molecule has 0 bridgehead atoms. The van der Waals surface area contributed by atoms with Crippen LogP contribution in [0, 0.1) is 0 Å². The van der Waals surface area contributed by atoms with Crippen molar-refractivity contribution < 1.29 is 19.7 Å². The number of hydrogen-bond acceptors (Lipinski definition) is 6. The number of likely N-dealkylation sites (tertiary alicyclic amines) is 1. The van der Waals surface area contributed by atoms with Gasteiger partial charge in [0.15, 0.2) is 0 Å². The number of hydrogen-bond donors (Lipinski definition) is 3. The molecule has 3 N–H and O–H groups in total. The monoisotopic (exact) mass is 380 g/mol. The number of aliphatic hydroxyl groups is 2. The number of benzene rings is 1. The second kappa shape index (κ2) is 12.3. The summed E-state index contributed by atoms with van der Waals surface area (Å²) in [5, 5.41) is 23.2. The summed E-state index contributed by atoms with van der Waals surface area (Å²) in [6, 6.07) is 7.98. The van der Waals surface area contributed by atoms with Gasteiger partial charge in [-0.2, -0.15) is 0 Å². The highest BCUT2D eigenvalue weighted by atomic mass is 16.5. The lowest BCUT2D eigenvalue weighted by molar-refractivity contribution is 0.0337. The molecule has 2 rings (SSSR count). The largest absolute Gasteiger partial charge is 0.491 e. The van der Waals surface area contributed by atoms with Gasteiger partial charge in [-0.3, -0.25) is 0 Å². The van der Waals surface area contributed by atoms with Crippen LogP contribution in [0.5, 0.6) is 5.75 Å². The molecule has 1 unspecified atom stereocenters. The molecule has 6 heteroatoms. The summed E-state index contributed by atoms with van der Waals surface area (Å²) in [7, 11) is 0. The molecule has 1 fully saturated rings. The van der Waals surface area contributed by atoms with Gasteiger partial charge >= 0.3 is 0 Å². The zero-order chi connectivity index (χ0) is 19.5. The first-order valence-corrected chi connectivity index (χ1v) is 10.2. The summed E-state index contributed by atoms with van der Waals surface area (Å²) in [6.07, 6.45) is 2.14. The van der Waals surface area contributed by atoms with Crippen molar-refractivity contribution in [1.29, 1.82) is 0 Å². The van der Waals surface area contributed by atoms with Crippen molar-refractivity contribution in [2.24, 2.45) is 0 Å². The first kappa shape index (κ1) is 22.1. The molecule has 0 spiro atoms. The zero-order valence-corrected chi connectivity index (χ0v) is 16.8. The molecule has 27 heavy (non-hydrogen) atoms. The van der Waals surface area contributed by atoms with E-state index in [0.29, 0.717) is 6.54 Å². The van der Waals surface area contributed by atoms with E-state index >= 15 is 0 Å². The molecule has 1 heterocycles. The second-order valence-electron chi connectivity index (χ2n) is 7.59. The van der Waals surface area contributed by atoms with E-state index in [1.54, 1.807) is 0 Å². The average molecular weight is 381 g/mol. The van der Waals surface area contributed by atoms with Gasteiger partial charge in [0.1, 0.15) is 18.5 Å². The minimum Gasteiger partial charge on any atom is -0.491 e. The fourth-order valence-electron chi connectivity index (χ4n) is 3.14. The standard InChI is InChI=1S/C21H36N2O4/c1-17(2)26-12-4-9-22-14-18-5-3-6-21(13-18)27-16-20(25)15-23-10-7-19(24)8-11-23/h3,5-6,13,17,19-20,22,24-25H,4,7-12,14-16H2,1-2H3. The normalized spacial score (nSPS) is 17.4. The maximum absolute atomic E-state index is 10.2. The number of aliphatic hydroxyl groups excluding tert-OH is 2. The van der Waals surface area contributed by atoms with Gasteiger partial charge in [-0.1, -0.05) is 12.1 Å². The Kier molecular flexibility index (Phi) is 10.1. The maximum atomic E-state index is 10.2. The van der Waals surface area contributed by atoms with Gasteiger partial charge < -0.3 is 29.9 Å². The Morgan fingerprint density at radius 3 is 2.78 bits per heavy atom. The summed E-state index contributed by atoms with van der Waals surface area (Å²) in [4.78, 5) is 2.18. The Morgan fingerprint density at radius 2 is 2.04 bits per heavy atom. The molecule has 0 amide bonds. The Balaban J connectivity index is 1.63. The van der Waals surface area contributed by atoms with Crippen LogP contribution in [0.25, 0.3) is 0 Å². The van der Waals surface area contributed by atoms with Crippen LogP contribution in [0.3, 0.4) is 0 Å². The van der Waals surface area contributed by atoms with Crippen LogP contribution in [0.4, 0.5) is 0 Å². The van der Waals surface area contributed by atoms with Crippen LogP contribution >= 0.6 is 0 Å². The Labute approximate surface area is 163 Å². The van der Waals surface area contributed by atoms with Crippen molar-refractivity contribution in [1.82, 2.24) is 10.2 Å². The van der Waals surface area contributed by atoms with Crippen molar-refractivity contribution in [3.63, 3.8) is 0 Å². The molecule has 1 saturated heterocycles. The molecule has 1 aliphatic heterocycles. The molecular weight excluding hydrogens is 344 g/mol. The molecule has 6 nitrogen and oxygen atoms in total. The van der Waals surface area contributed by atoms with Gasteiger partial charge in [-0.25, -0.2) is 0 Å². The van der Waals surface area contributed by atoms with Gasteiger partial charge in [0.25, 0.3) is 0 Å². The minimum absolute atomic E-state index is 0.186. The molecular formula is C21H36N2O4. The van der Waals surface area contributed by atoms with Crippen LogP contribution in [0.2, 0.25) is 0 Å². The molecule has 0 aromatic heterocycles. The third kappa shape index (κ3) is 9.53. The number of piperidine rings is 1. The summed E-state index contributed by atoms with van der Waals surface area (Å²) in [5.74, 6) is 0.783. The zero-order valence-electron chi connectivity index (χ0n) is 16.8. The SMILES string of the molecule is CC(C)OCCCNCc1cccc(OCC(O)CN2CCC(O)CC2)c1. The first-order chi connectivity index (χ1) is 13.0. The van der Waals surface area contributed by atoms with Crippen LogP contribution in [-0.4, -0.2) is 72.8 Å². The smallest absolute Gasteiger partial charge is 0.119 e. The number of β-amino-alcohol motifs (C(OH)–C–C–N with tert-alkyl or cyclic N) is 1. The fourth-order valence-corrected chi connectivity index (χ4v) is 3.14. The highest BCUT2D eigenvalue weighted by Crippen LogP contribution is 2.14. The van der Waals surface area contributed by atoms with E-state index in [4.69, 9.17) is 9.47 Å². The van der Waals surface area contributed by atoms with Crippen molar-refractivity contribution in [2.75, 3.05) is 39.4 Å². The summed E-state index contributed by atoms with van der Waals surface area (Å²) < 4.78 is 11.3. The van der Waals surface area contributed by atoms with Gasteiger partial charge in [0.05, 0.1) is 12.2 Å². The average Bonchev–Trinajstić information content (AvgIpc) is 2.65. The lowest BCUT2D eigenvalue weighted by Gasteiger charge is -2.30. The van der Waals surface area contributed by atoms with E-state index in [1.165, 1.54) is 0 Å². The van der Waals surface area contributed by atoms with E-state index in [0.717, 1.165) is 63.4 Å². The van der Waals surface area contributed by atoms with E-state index in [2.05, 4.69) is 16.3 Å². The van der Waals surface area contributed by atoms with E-state index in [1.807, 2.05) is 32.0 Å². The molecule has 1 aliphatic rings. The number of rotatable bonds is 12. The van der Waals surface area contributed by atoms with E-state index in [9.17, 15) is 10.2 Å². The third-order valence-electron chi connectivity index (χ3n) is 4.65. The van der Waals surface area contributed by atoms with Crippen LogP contribution in [-0.2, 0) is 11.3 Å². The number of nitrogens with zero attached hydrogens (tertiary/aromatic N) is 1. The van der Waals surface area contributed by atoms with Crippen LogP contribution < -0.4 is 10.1 Å². The molecule has 0 aliphatic carbocycles. The Bertz CT molecular complexity index is 519. The third-order valence-corrected chi connectivity index (χ3v) is 4.65. The summed E-state index contributed by atoms with van der Waals surface area (Å²) in [5.41, 5.74) is 1.16. The molecule has 1 aromatic rings. The van der Waals surface area contributed by atoms with Crippen LogP contribution in [0.15, 0.2) is 24.3 Å². The van der Waals surface area contributed by atoms with Crippen LogP contribution in [0.1, 0.15) is 38.7 Å².